The number of methoxy groups -OCH3 is 2. The molecule has 4 rings (SSSR count). The van der Waals surface area contributed by atoms with Gasteiger partial charge in [0.05, 0.1) is 26.1 Å². The number of amides is 1. The van der Waals surface area contributed by atoms with E-state index in [9.17, 15) is 18.0 Å². The van der Waals surface area contributed by atoms with Gasteiger partial charge in [-0.3, -0.25) is 4.79 Å². The summed E-state index contributed by atoms with van der Waals surface area (Å²) in [7, 11) is 3.01. The van der Waals surface area contributed by atoms with E-state index in [0.29, 0.717) is 34.4 Å². The Hall–Kier alpha value is -4.42. The summed E-state index contributed by atoms with van der Waals surface area (Å²) in [4.78, 5) is 24.6. The van der Waals surface area contributed by atoms with Gasteiger partial charge in [-0.1, -0.05) is 6.07 Å². The van der Waals surface area contributed by atoms with Crippen molar-refractivity contribution in [2.45, 2.75) is 6.18 Å². The number of aromatic nitrogens is 5. The first-order chi connectivity index (χ1) is 16.3. The van der Waals surface area contributed by atoms with Crippen molar-refractivity contribution in [1.82, 2.24) is 29.9 Å². The number of fused-ring (bicyclic) bond motifs is 1. The van der Waals surface area contributed by atoms with Gasteiger partial charge in [0, 0.05) is 11.8 Å². The van der Waals surface area contributed by atoms with Crippen molar-refractivity contribution in [2.24, 2.45) is 0 Å². The molecule has 0 aromatic carbocycles. The van der Waals surface area contributed by atoms with Gasteiger partial charge in [0.1, 0.15) is 18.1 Å². The average molecular weight is 473 g/mol. The van der Waals surface area contributed by atoms with Gasteiger partial charge in [-0.2, -0.15) is 18.3 Å². The third kappa shape index (κ3) is 5.14. The lowest BCUT2D eigenvalue weighted by Crippen LogP contribution is -2.34. The van der Waals surface area contributed by atoms with Crippen LogP contribution in [-0.4, -0.2) is 57.4 Å². The van der Waals surface area contributed by atoms with Gasteiger partial charge in [0.15, 0.2) is 17.2 Å². The first kappa shape index (κ1) is 22.8. The molecule has 0 aliphatic carbocycles. The normalized spacial score (nSPS) is 11.3. The summed E-state index contributed by atoms with van der Waals surface area (Å²) in [5.41, 5.74) is 1.66. The third-order valence-corrected chi connectivity index (χ3v) is 4.53. The minimum Gasteiger partial charge on any atom is -0.491 e. The number of alkyl halides is 3. The number of hydrogen-bond acceptors (Lipinski definition) is 8. The summed E-state index contributed by atoms with van der Waals surface area (Å²) in [5.74, 6) is 0.469. The van der Waals surface area contributed by atoms with Crippen molar-refractivity contribution in [3.63, 3.8) is 0 Å². The second kappa shape index (κ2) is 9.21. The molecule has 4 aromatic heterocycles. The van der Waals surface area contributed by atoms with Gasteiger partial charge in [-0.15, -0.1) is 0 Å². The van der Waals surface area contributed by atoms with E-state index in [0.717, 1.165) is 0 Å². The number of carbonyl (C=O) groups is 1. The summed E-state index contributed by atoms with van der Waals surface area (Å²) in [6.45, 7) is -1.44. The lowest BCUT2D eigenvalue weighted by Gasteiger charge is -2.08. The molecule has 10 nitrogen and oxygen atoms in total. The van der Waals surface area contributed by atoms with Crippen LogP contribution in [0.25, 0.3) is 16.9 Å². The number of ether oxygens (including phenoxy) is 2. The zero-order valence-electron chi connectivity index (χ0n) is 17.9. The number of carbonyl (C=O) groups excluding carboxylic acids is 1. The molecule has 0 saturated carbocycles. The second-order valence-corrected chi connectivity index (χ2v) is 6.91. The Morgan fingerprint density at radius 2 is 1.91 bits per heavy atom. The zero-order chi connectivity index (χ0) is 24.3. The van der Waals surface area contributed by atoms with Crippen molar-refractivity contribution in [1.29, 1.82) is 0 Å². The maximum atomic E-state index is 12.3. The topological polar surface area (TPSA) is 116 Å². The Balaban J connectivity index is 1.54. The number of halogens is 3. The number of imidazole rings is 1. The van der Waals surface area contributed by atoms with Crippen LogP contribution in [0.15, 0.2) is 48.8 Å². The van der Waals surface area contributed by atoms with Gasteiger partial charge in [-0.05, 0) is 30.3 Å². The predicted molar refractivity (Wildman–Crippen MR) is 115 cm³/mol. The van der Waals surface area contributed by atoms with E-state index < -0.39 is 18.6 Å². The highest BCUT2D eigenvalue weighted by molar-refractivity contribution is 5.92. The van der Waals surface area contributed by atoms with Crippen molar-refractivity contribution in [3.8, 4) is 22.9 Å². The third-order valence-electron chi connectivity index (χ3n) is 4.53. The molecule has 0 unspecified atom stereocenters. The molecule has 0 bridgehead atoms. The highest BCUT2D eigenvalue weighted by atomic mass is 19.4. The lowest BCUT2D eigenvalue weighted by molar-refractivity contribution is -0.123. The molecule has 0 aliphatic rings. The molecule has 0 radical (unpaired) electrons. The fourth-order valence-electron chi connectivity index (χ4n) is 3.00. The van der Waals surface area contributed by atoms with Gasteiger partial charge in [-0.25, -0.2) is 19.5 Å². The Morgan fingerprint density at radius 1 is 1.09 bits per heavy atom. The van der Waals surface area contributed by atoms with Crippen LogP contribution in [0, 0.1) is 0 Å². The maximum Gasteiger partial charge on any atom is 0.405 e. The fraction of sp³-hybridized carbons (Fsp3) is 0.190. The highest BCUT2D eigenvalue weighted by Gasteiger charge is 2.28. The number of nitrogens with zero attached hydrogens (tertiary/aromatic N) is 5. The number of nitrogens with one attached hydrogen (secondary N) is 2. The summed E-state index contributed by atoms with van der Waals surface area (Å²) in [6, 6.07) is 9.62. The van der Waals surface area contributed by atoms with Gasteiger partial charge < -0.3 is 20.1 Å². The second-order valence-electron chi connectivity index (χ2n) is 6.91. The van der Waals surface area contributed by atoms with Gasteiger partial charge in [0.2, 0.25) is 0 Å². The minimum absolute atomic E-state index is 0.167. The number of anilines is 2. The Morgan fingerprint density at radius 3 is 2.65 bits per heavy atom. The summed E-state index contributed by atoms with van der Waals surface area (Å²) in [6.07, 6.45) is -1.31. The van der Waals surface area contributed by atoms with E-state index in [-0.39, 0.29) is 11.5 Å². The van der Waals surface area contributed by atoms with Crippen LogP contribution in [0.3, 0.4) is 0 Å². The van der Waals surface area contributed by atoms with Crippen molar-refractivity contribution in [2.75, 3.05) is 26.1 Å². The highest BCUT2D eigenvalue weighted by Crippen LogP contribution is 2.29. The quantitative estimate of drug-likeness (QED) is 0.420. The molecule has 4 heterocycles. The van der Waals surface area contributed by atoms with Crippen LogP contribution in [0.5, 0.6) is 11.6 Å². The van der Waals surface area contributed by atoms with E-state index in [1.807, 2.05) is 0 Å². The number of pyridine rings is 2. The average Bonchev–Trinajstić information content (AvgIpc) is 3.23. The molecule has 0 fully saturated rings. The molecule has 2 N–H and O–H groups in total. The fourth-order valence-corrected chi connectivity index (χ4v) is 3.00. The first-order valence-electron chi connectivity index (χ1n) is 9.79. The maximum absolute atomic E-state index is 12.3. The monoisotopic (exact) mass is 473 g/mol. The molecule has 0 atom stereocenters. The molecule has 0 aliphatic heterocycles. The van der Waals surface area contributed by atoms with E-state index in [1.165, 1.54) is 30.9 Å². The van der Waals surface area contributed by atoms with E-state index in [1.54, 1.807) is 42.0 Å². The molecular weight excluding hydrogens is 455 g/mol. The van der Waals surface area contributed by atoms with Crippen LogP contribution in [0.2, 0.25) is 0 Å². The lowest BCUT2D eigenvalue weighted by atomic mass is 10.2. The van der Waals surface area contributed by atoms with Crippen LogP contribution in [0.4, 0.5) is 24.8 Å². The summed E-state index contributed by atoms with van der Waals surface area (Å²) >= 11 is 0. The van der Waals surface area contributed by atoms with Gasteiger partial charge in [0.25, 0.3) is 11.8 Å². The summed E-state index contributed by atoms with van der Waals surface area (Å²) in [5, 5.41) is 9.22. The molecule has 13 heteroatoms. The summed E-state index contributed by atoms with van der Waals surface area (Å²) < 4.78 is 49.0. The van der Waals surface area contributed by atoms with Crippen LogP contribution >= 0.6 is 0 Å². The van der Waals surface area contributed by atoms with Crippen LogP contribution in [-0.2, 0) is 0 Å². The smallest absolute Gasteiger partial charge is 0.405 e. The van der Waals surface area contributed by atoms with Gasteiger partial charge >= 0.3 is 6.18 Å². The molecule has 0 spiro atoms. The van der Waals surface area contributed by atoms with Crippen LogP contribution < -0.4 is 20.1 Å². The largest absolute Gasteiger partial charge is 0.491 e. The van der Waals surface area contributed by atoms with E-state index >= 15 is 0 Å². The number of rotatable bonds is 7. The molecule has 4 aromatic rings. The minimum atomic E-state index is -4.51. The van der Waals surface area contributed by atoms with Crippen LogP contribution in [0.1, 0.15) is 10.5 Å². The number of hydrogen-bond donors (Lipinski definition) is 2. The Bertz CT molecular complexity index is 1340. The Kier molecular flexibility index (Phi) is 6.17. The van der Waals surface area contributed by atoms with E-state index in [4.69, 9.17) is 9.47 Å². The SMILES string of the molecule is COc1cc(-c2ccc3nc(Nc4cccc(C(=O)NCC(F)(F)F)n4)cn3n2)cnc1OC. The molecular formula is C21H18F3N7O3. The molecule has 176 valence electrons. The zero-order valence-corrected chi connectivity index (χ0v) is 17.9. The van der Waals surface area contributed by atoms with Crippen molar-refractivity contribution < 1.29 is 27.4 Å². The van der Waals surface area contributed by atoms with Crippen molar-refractivity contribution in [3.05, 3.63) is 54.5 Å². The predicted octanol–water partition coefficient (Wildman–Crippen LogP) is 3.24. The standard InChI is InChI=1S/C21H18F3N7O3/c1-33-15-8-12(9-25-20(15)34-2)13-6-7-18-29-17(10-31(18)30-13)28-16-5-3-4-14(27-16)19(32)26-11-21(22,23)24/h3-10H,11H2,1-2H3,(H,26,32)(H,27,28). The molecule has 0 saturated heterocycles. The van der Waals surface area contributed by atoms with Crippen molar-refractivity contribution >= 4 is 23.2 Å². The first-order valence-corrected chi connectivity index (χ1v) is 9.79. The Labute approximate surface area is 190 Å². The molecule has 34 heavy (non-hydrogen) atoms. The molecule has 1 amide bonds. The van der Waals surface area contributed by atoms with E-state index in [2.05, 4.69) is 25.4 Å².